The first kappa shape index (κ1) is 11.4. The highest BCUT2D eigenvalue weighted by Crippen LogP contribution is 2.32. The Bertz CT molecular complexity index is 314. The third kappa shape index (κ3) is 2.04. The molecule has 0 bridgehead atoms. The average molecular weight is 226 g/mol. The van der Waals surface area contributed by atoms with Crippen molar-refractivity contribution in [3.63, 3.8) is 0 Å². The summed E-state index contributed by atoms with van der Waals surface area (Å²) in [7, 11) is 1.76. The molecule has 2 fully saturated rings. The van der Waals surface area contributed by atoms with Gasteiger partial charge in [0.25, 0.3) is 0 Å². The maximum atomic E-state index is 12.0. The summed E-state index contributed by atoms with van der Waals surface area (Å²) in [6.45, 7) is 2.80. The normalized spacial score (nSPS) is 31.9. The zero-order chi connectivity index (χ0) is 11.9. The Morgan fingerprint density at radius 2 is 2.12 bits per heavy atom. The number of hydrogen-bond donors (Lipinski definition) is 1. The third-order valence-corrected chi connectivity index (χ3v) is 3.55. The van der Waals surface area contributed by atoms with E-state index < -0.39 is 12.0 Å². The summed E-state index contributed by atoms with van der Waals surface area (Å²) in [5, 5.41) is 8.86. The molecule has 1 saturated heterocycles. The van der Waals surface area contributed by atoms with Gasteiger partial charge in [-0.25, -0.2) is 0 Å². The first-order valence-electron chi connectivity index (χ1n) is 5.75. The number of aliphatic carboxylic acids is 1. The number of rotatable bonds is 3. The zero-order valence-corrected chi connectivity index (χ0v) is 9.72. The molecule has 1 saturated carbocycles. The number of carbonyl (C=O) groups excluding carboxylic acids is 1. The van der Waals surface area contributed by atoms with Crippen molar-refractivity contribution in [3.8, 4) is 0 Å². The quantitative estimate of drug-likeness (QED) is 0.744. The molecule has 5 heteroatoms. The fourth-order valence-corrected chi connectivity index (χ4v) is 2.33. The van der Waals surface area contributed by atoms with Gasteiger partial charge in [-0.3, -0.25) is 14.5 Å². The van der Waals surface area contributed by atoms with Gasteiger partial charge in [-0.05, 0) is 19.8 Å². The molecule has 1 N–H and O–H groups in total. The number of carboxylic acids is 1. The molecule has 0 aromatic rings. The van der Waals surface area contributed by atoms with Gasteiger partial charge in [0, 0.05) is 25.7 Å². The molecule has 0 spiro atoms. The molecule has 0 aromatic carbocycles. The van der Waals surface area contributed by atoms with Gasteiger partial charge in [-0.15, -0.1) is 0 Å². The Labute approximate surface area is 95.0 Å². The predicted molar refractivity (Wildman–Crippen MR) is 58.0 cm³/mol. The second-order valence-corrected chi connectivity index (χ2v) is 4.84. The van der Waals surface area contributed by atoms with Gasteiger partial charge in [-0.2, -0.15) is 0 Å². The monoisotopic (exact) mass is 226 g/mol. The van der Waals surface area contributed by atoms with E-state index in [1.165, 1.54) is 0 Å². The minimum absolute atomic E-state index is 0.0481. The van der Waals surface area contributed by atoms with Gasteiger partial charge < -0.3 is 10.0 Å². The average Bonchev–Trinajstić information content (AvgIpc) is 3.02. The van der Waals surface area contributed by atoms with Crippen LogP contribution in [-0.2, 0) is 9.59 Å². The highest BCUT2D eigenvalue weighted by atomic mass is 16.4. The van der Waals surface area contributed by atoms with Gasteiger partial charge in [-0.1, -0.05) is 0 Å². The molecule has 5 nitrogen and oxygen atoms in total. The first-order chi connectivity index (χ1) is 7.50. The van der Waals surface area contributed by atoms with E-state index >= 15 is 0 Å². The molecule has 1 amide bonds. The standard InChI is InChI=1S/C11H18N2O3/c1-7-6-13(8-3-4-8)9(5-10(14)15)11(16)12(7)2/h7-9H,3-6H2,1-2H3,(H,14,15). The van der Waals surface area contributed by atoms with Crippen molar-refractivity contribution in [1.29, 1.82) is 0 Å². The van der Waals surface area contributed by atoms with Gasteiger partial charge in [0.15, 0.2) is 0 Å². The van der Waals surface area contributed by atoms with E-state index in [4.69, 9.17) is 5.11 Å². The van der Waals surface area contributed by atoms with E-state index in [0.29, 0.717) is 6.04 Å². The van der Waals surface area contributed by atoms with Crippen molar-refractivity contribution in [2.75, 3.05) is 13.6 Å². The van der Waals surface area contributed by atoms with Gasteiger partial charge >= 0.3 is 5.97 Å². The largest absolute Gasteiger partial charge is 0.481 e. The van der Waals surface area contributed by atoms with Crippen molar-refractivity contribution < 1.29 is 14.7 Å². The summed E-state index contributed by atoms with van der Waals surface area (Å²) in [4.78, 5) is 26.6. The molecule has 2 rings (SSSR count). The van der Waals surface area contributed by atoms with Gasteiger partial charge in [0.2, 0.25) is 5.91 Å². The fraction of sp³-hybridized carbons (Fsp3) is 0.818. The van der Waals surface area contributed by atoms with E-state index in [1.807, 2.05) is 6.92 Å². The van der Waals surface area contributed by atoms with Crippen LogP contribution in [0.15, 0.2) is 0 Å². The molecule has 0 radical (unpaired) electrons. The molecular formula is C11H18N2O3. The Kier molecular flexibility index (Phi) is 2.88. The van der Waals surface area contributed by atoms with Crippen LogP contribution in [0.5, 0.6) is 0 Å². The number of carboxylic acid groups (broad SMARTS) is 1. The van der Waals surface area contributed by atoms with Crippen LogP contribution in [0.25, 0.3) is 0 Å². The van der Waals surface area contributed by atoms with Gasteiger partial charge in [0.05, 0.1) is 6.42 Å². The van der Waals surface area contributed by atoms with Gasteiger partial charge in [0.1, 0.15) is 6.04 Å². The lowest BCUT2D eigenvalue weighted by Crippen LogP contribution is -2.60. The van der Waals surface area contributed by atoms with Crippen LogP contribution < -0.4 is 0 Å². The Balaban J connectivity index is 2.14. The Morgan fingerprint density at radius 3 is 2.62 bits per heavy atom. The number of amides is 1. The van der Waals surface area contributed by atoms with Crippen LogP contribution in [0.1, 0.15) is 26.2 Å². The number of piperazine rings is 1. The lowest BCUT2D eigenvalue weighted by Gasteiger charge is -2.42. The minimum Gasteiger partial charge on any atom is -0.481 e. The second kappa shape index (κ2) is 4.05. The van der Waals surface area contributed by atoms with E-state index in [0.717, 1.165) is 19.4 Å². The summed E-state index contributed by atoms with van der Waals surface area (Å²) < 4.78 is 0. The SMILES string of the molecule is CC1CN(C2CC2)C(CC(=O)O)C(=O)N1C. The van der Waals surface area contributed by atoms with Crippen LogP contribution in [0.4, 0.5) is 0 Å². The van der Waals surface area contributed by atoms with E-state index in [1.54, 1.807) is 11.9 Å². The summed E-state index contributed by atoms with van der Waals surface area (Å²) in [6, 6.07) is 0.161. The maximum Gasteiger partial charge on any atom is 0.305 e. The van der Waals surface area contributed by atoms with Crippen molar-refractivity contribution in [2.45, 2.75) is 44.3 Å². The van der Waals surface area contributed by atoms with E-state index in [9.17, 15) is 9.59 Å². The van der Waals surface area contributed by atoms with Crippen LogP contribution >= 0.6 is 0 Å². The molecule has 1 aliphatic carbocycles. The molecule has 1 aliphatic heterocycles. The lowest BCUT2D eigenvalue weighted by atomic mass is 10.0. The molecule has 1 heterocycles. The first-order valence-corrected chi connectivity index (χ1v) is 5.75. The second-order valence-electron chi connectivity index (χ2n) is 4.84. The maximum absolute atomic E-state index is 12.0. The fourth-order valence-electron chi connectivity index (χ4n) is 2.33. The molecule has 0 aromatic heterocycles. The lowest BCUT2D eigenvalue weighted by molar-refractivity contribution is -0.151. The Morgan fingerprint density at radius 1 is 1.50 bits per heavy atom. The number of hydrogen-bond acceptors (Lipinski definition) is 3. The number of likely N-dealkylation sites (N-methyl/N-ethyl adjacent to an activating group) is 1. The minimum atomic E-state index is -0.896. The third-order valence-electron chi connectivity index (χ3n) is 3.55. The number of carbonyl (C=O) groups is 2. The molecule has 2 aliphatic rings. The summed E-state index contributed by atoms with van der Waals surface area (Å²) in [6.07, 6.45) is 2.12. The van der Waals surface area contributed by atoms with Crippen molar-refractivity contribution >= 4 is 11.9 Å². The van der Waals surface area contributed by atoms with Crippen LogP contribution in [0.3, 0.4) is 0 Å². The van der Waals surface area contributed by atoms with Crippen LogP contribution in [0, 0.1) is 0 Å². The summed E-state index contributed by atoms with van der Waals surface area (Å²) in [5.41, 5.74) is 0. The predicted octanol–water partition coefficient (Wildman–Crippen LogP) is 0.155. The topological polar surface area (TPSA) is 60.9 Å². The number of nitrogens with zero attached hydrogens (tertiary/aromatic N) is 2. The molecule has 16 heavy (non-hydrogen) atoms. The van der Waals surface area contributed by atoms with Crippen LogP contribution in [-0.4, -0.2) is 58.5 Å². The summed E-state index contributed by atoms with van der Waals surface area (Å²) >= 11 is 0. The van der Waals surface area contributed by atoms with Crippen molar-refractivity contribution in [2.24, 2.45) is 0 Å². The highest BCUT2D eigenvalue weighted by molar-refractivity contribution is 5.87. The van der Waals surface area contributed by atoms with Crippen molar-refractivity contribution in [3.05, 3.63) is 0 Å². The molecule has 90 valence electrons. The van der Waals surface area contributed by atoms with Crippen LogP contribution in [0.2, 0.25) is 0 Å². The summed E-state index contributed by atoms with van der Waals surface area (Å²) in [5.74, 6) is -0.944. The molecule has 2 atom stereocenters. The molecular weight excluding hydrogens is 208 g/mol. The van der Waals surface area contributed by atoms with E-state index in [2.05, 4.69) is 4.90 Å². The highest BCUT2D eigenvalue weighted by Gasteiger charge is 2.44. The van der Waals surface area contributed by atoms with Crippen molar-refractivity contribution in [1.82, 2.24) is 9.80 Å². The van der Waals surface area contributed by atoms with E-state index in [-0.39, 0.29) is 18.4 Å². The smallest absolute Gasteiger partial charge is 0.305 e. The zero-order valence-electron chi connectivity index (χ0n) is 9.72. The molecule has 2 unspecified atom stereocenters. The Hall–Kier alpha value is -1.10.